The van der Waals surface area contributed by atoms with Gasteiger partial charge < -0.3 is 5.32 Å². The fraction of sp³-hybridized carbons (Fsp3) is 0.412. The third kappa shape index (κ3) is 3.71. The second-order valence-electron chi connectivity index (χ2n) is 5.88. The Bertz CT molecular complexity index is 669. The Balaban J connectivity index is 1.84. The van der Waals surface area contributed by atoms with E-state index in [-0.39, 0.29) is 6.04 Å². The molecule has 0 spiro atoms. The highest BCUT2D eigenvalue weighted by Crippen LogP contribution is 2.22. The van der Waals surface area contributed by atoms with Crippen LogP contribution in [0.1, 0.15) is 28.3 Å². The number of thioether (sulfide) groups is 1. The number of nitrogens with one attached hydrogen (secondary N) is 1. The molecule has 5 heteroatoms. The fourth-order valence-electron chi connectivity index (χ4n) is 2.87. The molecular weight excluding hydrogens is 292 g/mol. The Morgan fingerprint density at radius 3 is 2.64 bits per heavy atom. The summed E-state index contributed by atoms with van der Waals surface area (Å²) in [4.78, 5) is 4.53. The first-order chi connectivity index (χ1) is 10.6. The summed E-state index contributed by atoms with van der Waals surface area (Å²) in [5.41, 5.74) is 5.18. The monoisotopic (exact) mass is 314 g/mol. The maximum absolute atomic E-state index is 4.53. The van der Waals surface area contributed by atoms with E-state index in [9.17, 15) is 0 Å². The van der Waals surface area contributed by atoms with E-state index in [1.165, 1.54) is 22.3 Å². The maximum Gasteiger partial charge on any atom is 0.157 e. The fourth-order valence-corrected chi connectivity index (χ4v) is 3.65. The zero-order valence-corrected chi connectivity index (χ0v) is 14.2. The van der Waals surface area contributed by atoms with E-state index >= 15 is 0 Å². The van der Waals surface area contributed by atoms with Gasteiger partial charge in [0.25, 0.3) is 0 Å². The molecule has 1 aromatic carbocycles. The Labute approximate surface area is 136 Å². The van der Waals surface area contributed by atoms with E-state index in [4.69, 9.17) is 0 Å². The first-order valence-corrected chi connectivity index (χ1v) is 8.58. The summed E-state index contributed by atoms with van der Waals surface area (Å²) in [6.45, 7) is 5.22. The average Bonchev–Trinajstić information content (AvgIpc) is 3.08. The van der Waals surface area contributed by atoms with Crippen molar-refractivity contribution in [3.8, 4) is 0 Å². The van der Waals surface area contributed by atoms with Crippen LogP contribution < -0.4 is 5.32 Å². The van der Waals surface area contributed by atoms with Gasteiger partial charge in [-0.1, -0.05) is 41.1 Å². The lowest BCUT2D eigenvalue weighted by atomic mass is 9.98. The van der Waals surface area contributed by atoms with Gasteiger partial charge >= 0.3 is 0 Å². The predicted octanol–water partition coefficient (Wildman–Crippen LogP) is 3.01. The SMILES string of the molecule is Cc1cc(C)cc(CC(NC2=NCCS2)c2cnn(C)c2)c1. The molecule has 1 N–H and O–H groups in total. The van der Waals surface area contributed by atoms with Crippen molar-refractivity contribution in [1.82, 2.24) is 15.1 Å². The normalized spacial score (nSPS) is 15.7. The quantitative estimate of drug-likeness (QED) is 0.943. The Kier molecular flexibility index (Phi) is 4.52. The van der Waals surface area contributed by atoms with Crippen molar-refractivity contribution in [3.05, 3.63) is 52.8 Å². The number of rotatable bonds is 4. The zero-order valence-electron chi connectivity index (χ0n) is 13.3. The van der Waals surface area contributed by atoms with Crippen LogP contribution in [0.4, 0.5) is 0 Å². The lowest BCUT2D eigenvalue weighted by Crippen LogP contribution is -2.27. The van der Waals surface area contributed by atoms with E-state index in [1.807, 2.05) is 17.9 Å². The van der Waals surface area contributed by atoms with Crippen molar-refractivity contribution in [1.29, 1.82) is 0 Å². The summed E-state index contributed by atoms with van der Waals surface area (Å²) in [6.07, 6.45) is 4.97. The molecule has 0 radical (unpaired) electrons. The van der Waals surface area contributed by atoms with Gasteiger partial charge in [-0.3, -0.25) is 9.67 Å². The minimum absolute atomic E-state index is 0.208. The highest BCUT2D eigenvalue weighted by molar-refractivity contribution is 8.14. The molecule has 1 aliphatic rings. The second kappa shape index (κ2) is 6.57. The van der Waals surface area contributed by atoms with Gasteiger partial charge in [0.05, 0.1) is 18.8 Å². The van der Waals surface area contributed by atoms with Crippen LogP contribution in [0.2, 0.25) is 0 Å². The van der Waals surface area contributed by atoms with Crippen LogP contribution >= 0.6 is 11.8 Å². The molecular formula is C17H22N4S. The van der Waals surface area contributed by atoms with Crippen LogP contribution in [0, 0.1) is 13.8 Å². The molecule has 0 saturated heterocycles. The van der Waals surface area contributed by atoms with Crippen molar-refractivity contribution in [2.45, 2.75) is 26.3 Å². The number of amidine groups is 1. The number of aryl methyl sites for hydroxylation is 3. The Morgan fingerprint density at radius 1 is 1.27 bits per heavy atom. The van der Waals surface area contributed by atoms with E-state index in [1.54, 1.807) is 11.8 Å². The number of hydrogen-bond acceptors (Lipinski definition) is 4. The Hall–Kier alpha value is -1.75. The first-order valence-electron chi connectivity index (χ1n) is 7.59. The number of benzene rings is 1. The molecule has 2 aromatic rings. The summed E-state index contributed by atoms with van der Waals surface area (Å²) in [6, 6.07) is 6.95. The van der Waals surface area contributed by atoms with Crippen LogP contribution in [0.25, 0.3) is 0 Å². The van der Waals surface area contributed by atoms with Crippen LogP contribution in [-0.4, -0.2) is 27.2 Å². The largest absolute Gasteiger partial charge is 0.358 e. The Morgan fingerprint density at radius 2 is 2.05 bits per heavy atom. The predicted molar refractivity (Wildman–Crippen MR) is 93.5 cm³/mol. The van der Waals surface area contributed by atoms with Gasteiger partial charge in [-0.05, 0) is 25.8 Å². The molecule has 0 saturated carbocycles. The molecule has 1 aromatic heterocycles. The average molecular weight is 314 g/mol. The molecule has 0 aliphatic carbocycles. The molecule has 1 atom stereocenters. The standard InChI is InChI=1S/C17H22N4S/c1-12-6-13(2)8-14(7-12)9-16(15-10-19-21(3)11-15)20-17-18-4-5-22-17/h6-8,10-11,16H,4-5,9H2,1-3H3,(H,18,20). The number of nitrogens with zero attached hydrogens (tertiary/aromatic N) is 3. The van der Waals surface area contributed by atoms with Gasteiger partial charge in [-0.2, -0.15) is 5.10 Å². The molecule has 0 bridgehead atoms. The summed E-state index contributed by atoms with van der Waals surface area (Å²) >= 11 is 1.80. The number of aromatic nitrogens is 2. The summed E-state index contributed by atoms with van der Waals surface area (Å²) in [5.74, 6) is 1.08. The lowest BCUT2D eigenvalue weighted by Gasteiger charge is -2.19. The van der Waals surface area contributed by atoms with Crippen molar-refractivity contribution >= 4 is 16.9 Å². The minimum atomic E-state index is 0.208. The van der Waals surface area contributed by atoms with Crippen LogP contribution in [0.5, 0.6) is 0 Å². The first kappa shape index (κ1) is 15.2. The van der Waals surface area contributed by atoms with Gasteiger partial charge in [0.15, 0.2) is 5.17 Å². The number of hydrogen-bond donors (Lipinski definition) is 1. The van der Waals surface area contributed by atoms with E-state index in [0.717, 1.165) is 23.9 Å². The maximum atomic E-state index is 4.53. The lowest BCUT2D eigenvalue weighted by molar-refractivity contribution is 0.646. The smallest absolute Gasteiger partial charge is 0.157 e. The molecule has 1 aliphatic heterocycles. The zero-order chi connectivity index (χ0) is 15.5. The summed E-state index contributed by atoms with van der Waals surface area (Å²) in [7, 11) is 1.96. The van der Waals surface area contributed by atoms with E-state index in [0.29, 0.717) is 0 Å². The van der Waals surface area contributed by atoms with Crippen molar-refractivity contribution in [2.24, 2.45) is 12.0 Å². The van der Waals surface area contributed by atoms with Crippen LogP contribution in [-0.2, 0) is 13.5 Å². The molecule has 22 heavy (non-hydrogen) atoms. The summed E-state index contributed by atoms with van der Waals surface area (Å²) < 4.78 is 1.86. The van der Waals surface area contributed by atoms with E-state index in [2.05, 4.69) is 53.7 Å². The molecule has 4 nitrogen and oxygen atoms in total. The molecule has 0 fully saturated rings. The highest BCUT2D eigenvalue weighted by atomic mass is 32.2. The van der Waals surface area contributed by atoms with Gasteiger partial charge in [-0.25, -0.2) is 0 Å². The van der Waals surface area contributed by atoms with Crippen molar-refractivity contribution in [3.63, 3.8) is 0 Å². The summed E-state index contributed by atoms with van der Waals surface area (Å²) in [5, 5.41) is 8.97. The third-order valence-corrected chi connectivity index (χ3v) is 4.64. The highest BCUT2D eigenvalue weighted by Gasteiger charge is 2.18. The van der Waals surface area contributed by atoms with Crippen molar-refractivity contribution < 1.29 is 0 Å². The number of aliphatic imine (C=N–C) groups is 1. The molecule has 2 heterocycles. The second-order valence-corrected chi connectivity index (χ2v) is 6.96. The van der Waals surface area contributed by atoms with Crippen molar-refractivity contribution in [2.75, 3.05) is 12.3 Å². The van der Waals surface area contributed by atoms with Crippen LogP contribution in [0.3, 0.4) is 0 Å². The van der Waals surface area contributed by atoms with Gasteiger partial charge in [0.2, 0.25) is 0 Å². The topological polar surface area (TPSA) is 42.2 Å². The molecule has 3 rings (SSSR count). The molecule has 116 valence electrons. The molecule has 1 unspecified atom stereocenters. The van der Waals surface area contributed by atoms with Gasteiger partial charge in [-0.15, -0.1) is 0 Å². The molecule has 0 amide bonds. The third-order valence-electron chi connectivity index (χ3n) is 3.73. The van der Waals surface area contributed by atoms with Gasteiger partial charge in [0.1, 0.15) is 0 Å². The van der Waals surface area contributed by atoms with E-state index < -0.39 is 0 Å². The van der Waals surface area contributed by atoms with Crippen LogP contribution in [0.15, 0.2) is 35.6 Å². The minimum Gasteiger partial charge on any atom is -0.358 e. The van der Waals surface area contributed by atoms with Gasteiger partial charge in [0, 0.05) is 24.6 Å².